The van der Waals surface area contributed by atoms with E-state index in [1.54, 1.807) is 12.1 Å². The van der Waals surface area contributed by atoms with Gasteiger partial charge in [0.1, 0.15) is 0 Å². The van der Waals surface area contributed by atoms with Crippen LogP contribution in [0.5, 0.6) is 5.75 Å². The molecule has 0 saturated carbocycles. The Morgan fingerprint density at radius 1 is 1.52 bits per heavy atom. The van der Waals surface area contributed by atoms with E-state index in [2.05, 4.69) is 10.6 Å². The van der Waals surface area contributed by atoms with Crippen LogP contribution in [-0.2, 0) is 11.2 Å². The van der Waals surface area contributed by atoms with E-state index in [4.69, 9.17) is 4.74 Å². The second kappa shape index (κ2) is 8.85. The summed E-state index contributed by atoms with van der Waals surface area (Å²) < 4.78 is 18.4. The molecule has 1 aromatic rings. The number of benzene rings is 1. The van der Waals surface area contributed by atoms with Gasteiger partial charge in [0.25, 0.3) is 0 Å². The highest BCUT2D eigenvalue weighted by Crippen LogP contribution is 2.18. The lowest BCUT2D eigenvalue weighted by Crippen LogP contribution is -2.37. The zero-order chi connectivity index (χ0) is 14.4. The summed E-state index contributed by atoms with van der Waals surface area (Å²) in [6.45, 7) is 1.71. The van der Waals surface area contributed by atoms with Crippen LogP contribution in [0.2, 0.25) is 0 Å². The Labute approximate surface area is 130 Å². The SMILES string of the molecule is COc1ccc(CCC(=O)NCC2CCCN2)cc1F.Cl. The van der Waals surface area contributed by atoms with E-state index in [1.807, 2.05) is 0 Å². The Morgan fingerprint density at radius 2 is 2.33 bits per heavy atom. The minimum absolute atomic E-state index is 0. The first-order valence-electron chi connectivity index (χ1n) is 7.01. The van der Waals surface area contributed by atoms with Crippen molar-refractivity contribution < 1.29 is 13.9 Å². The molecule has 1 fully saturated rings. The van der Waals surface area contributed by atoms with E-state index in [-0.39, 0.29) is 29.9 Å². The fourth-order valence-corrected chi connectivity index (χ4v) is 2.38. The Balaban J connectivity index is 0.00000220. The summed E-state index contributed by atoms with van der Waals surface area (Å²) in [5, 5.41) is 6.24. The van der Waals surface area contributed by atoms with Crippen LogP contribution in [0, 0.1) is 5.82 Å². The van der Waals surface area contributed by atoms with Crippen molar-refractivity contribution in [3.05, 3.63) is 29.6 Å². The zero-order valence-electron chi connectivity index (χ0n) is 12.2. The summed E-state index contributed by atoms with van der Waals surface area (Å²) in [5.74, 6) is -0.152. The van der Waals surface area contributed by atoms with Crippen LogP contribution in [0.4, 0.5) is 4.39 Å². The average molecular weight is 317 g/mol. The summed E-state index contributed by atoms with van der Waals surface area (Å²) >= 11 is 0. The third kappa shape index (κ3) is 5.52. The lowest BCUT2D eigenvalue weighted by molar-refractivity contribution is -0.121. The van der Waals surface area contributed by atoms with Crippen LogP contribution in [0.15, 0.2) is 18.2 Å². The number of ether oxygens (including phenoxy) is 1. The van der Waals surface area contributed by atoms with Crippen molar-refractivity contribution in [1.29, 1.82) is 0 Å². The van der Waals surface area contributed by atoms with Crippen LogP contribution in [0.1, 0.15) is 24.8 Å². The molecule has 6 heteroatoms. The second-order valence-electron chi connectivity index (χ2n) is 5.07. The van der Waals surface area contributed by atoms with Crippen molar-refractivity contribution in [3.63, 3.8) is 0 Å². The molecule has 0 bridgehead atoms. The van der Waals surface area contributed by atoms with Crippen molar-refractivity contribution in [2.24, 2.45) is 0 Å². The van der Waals surface area contributed by atoms with Gasteiger partial charge in [0, 0.05) is 19.0 Å². The largest absolute Gasteiger partial charge is 0.494 e. The molecule has 1 amide bonds. The fraction of sp³-hybridized carbons (Fsp3) is 0.533. The first kappa shape index (κ1) is 17.7. The Morgan fingerprint density at radius 3 is 2.95 bits per heavy atom. The Bertz CT molecular complexity index is 465. The first-order valence-corrected chi connectivity index (χ1v) is 7.01. The highest BCUT2D eigenvalue weighted by Gasteiger charge is 2.14. The molecule has 21 heavy (non-hydrogen) atoms. The summed E-state index contributed by atoms with van der Waals surface area (Å²) in [7, 11) is 1.43. The minimum Gasteiger partial charge on any atom is -0.494 e. The molecule has 1 heterocycles. The number of carbonyl (C=O) groups excluding carboxylic acids is 1. The molecule has 1 aliphatic heterocycles. The van der Waals surface area contributed by atoms with E-state index in [0.29, 0.717) is 25.4 Å². The predicted molar refractivity (Wildman–Crippen MR) is 82.6 cm³/mol. The van der Waals surface area contributed by atoms with Crippen LogP contribution in [0.3, 0.4) is 0 Å². The molecule has 0 aromatic heterocycles. The molecule has 0 radical (unpaired) electrons. The molecule has 4 nitrogen and oxygen atoms in total. The topological polar surface area (TPSA) is 50.4 Å². The molecule has 2 rings (SSSR count). The highest BCUT2D eigenvalue weighted by molar-refractivity contribution is 5.85. The van der Waals surface area contributed by atoms with E-state index in [9.17, 15) is 9.18 Å². The summed E-state index contributed by atoms with van der Waals surface area (Å²) in [6.07, 6.45) is 3.19. The number of nitrogens with one attached hydrogen (secondary N) is 2. The van der Waals surface area contributed by atoms with Crippen LogP contribution >= 0.6 is 12.4 Å². The van der Waals surface area contributed by atoms with Gasteiger partial charge in [-0.25, -0.2) is 4.39 Å². The van der Waals surface area contributed by atoms with Crippen molar-refractivity contribution >= 4 is 18.3 Å². The van der Waals surface area contributed by atoms with Gasteiger partial charge in [-0.15, -0.1) is 12.4 Å². The fourth-order valence-electron chi connectivity index (χ4n) is 2.38. The average Bonchev–Trinajstić information content (AvgIpc) is 2.96. The predicted octanol–water partition coefficient (Wildman–Crippen LogP) is 2.06. The van der Waals surface area contributed by atoms with Gasteiger partial charge in [0.15, 0.2) is 11.6 Å². The number of methoxy groups -OCH3 is 1. The maximum Gasteiger partial charge on any atom is 0.220 e. The smallest absolute Gasteiger partial charge is 0.220 e. The lowest BCUT2D eigenvalue weighted by atomic mass is 10.1. The van der Waals surface area contributed by atoms with Gasteiger partial charge < -0.3 is 15.4 Å². The van der Waals surface area contributed by atoms with Crippen molar-refractivity contribution in [2.45, 2.75) is 31.7 Å². The molecular weight excluding hydrogens is 295 g/mol. The van der Waals surface area contributed by atoms with Gasteiger partial charge >= 0.3 is 0 Å². The quantitative estimate of drug-likeness (QED) is 0.844. The molecule has 1 aromatic carbocycles. The molecule has 1 aliphatic rings. The second-order valence-corrected chi connectivity index (χ2v) is 5.07. The number of amides is 1. The highest BCUT2D eigenvalue weighted by atomic mass is 35.5. The molecule has 1 atom stereocenters. The molecule has 2 N–H and O–H groups in total. The van der Waals surface area contributed by atoms with Gasteiger partial charge in [-0.3, -0.25) is 4.79 Å². The summed E-state index contributed by atoms with van der Waals surface area (Å²) in [6, 6.07) is 5.20. The van der Waals surface area contributed by atoms with E-state index in [1.165, 1.54) is 19.6 Å². The summed E-state index contributed by atoms with van der Waals surface area (Å²) in [4.78, 5) is 11.7. The maximum absolute atomic E-state index is 13.5. The normalized spacial score (nSPS) is 17.1. The molecule has 118 valence electrons. The van der Waals surface area contributed by atoms with Crippen LogP contribution < -0.4 is 15.4 Å². The number of halogens is 2. The van der Waals surface area contributed by atoms with Crippen molar-refractivity contribution in [1.82, 2.24) is 10.6 Å². The number of hydrogen-bond acceptors (Lipinski definition) is 3. The third-order valence-electron chi connectivity index (χ3n) is 3.56. The van der Waals surface area contributed by atoms with Gasteiger partial charge in [0.2, 0.25) is 5.91 Å². The number of aryl methyl sites for hydroxylation is 1. The van der Waals surface area contributed by atoms with E-state index in [0.717, 1.165) is 18.5 Å². The van der Waals surface area contributed by atoms with E-state index < -0.39 is 0 Å². The van der Waals surface area contributed by atoms with Crippen molar-refractivity contribution in [2.75, 3.05) is 20.2 Å². The molecule has 0 spiro atoms. The van der Waals surface area contributed by atoms with Crippen molar-refractivity contribution in [3.8, 4) is 5.75 Å². The van der Waals surface area contributed by atoms with Gasteiger partial charge in [-0.1, -0.05) is 6.07 Å². The van der Waals surface area contributed by atoms with E-state index >= 15 is 0 Å². The maximum atomic E-state index is 13.5. The summed E-state index contributed by atoms with van der Waals surface area (Å²) in [5.41, 5.74) is 0.803. The number of rotatable bonds is 6. The monoisotopic (exact) mass is 316 g/mol. The molecular formula is C15H22ClFN2O2. The van der Waals surface area contributed by atoms with Gasteiger partial charge in [0.05, 0.1) is 7.11 Å². The van der Waals surface area contributed by atoms with Crippen LogP contribution in [-0.4, -0.2) is 32.1 Å². The lowest BCUT2D eigenvalue weighted by Gasteiger charge is -2.11. The van der Waals surface area contributed by atoms with Crippen LogP contribution in [0.25, 0.3) is 0 Å². The number of carbonyl (C=O) groups is 1. The third-order valence-corrected chi connectivity index (χ3v) is 3.56. The standard InChI is InChI=1S/C15H21FN2O2.ClH/c1-20-14-6-4-11(9-13(14)16)5-7-15(19)18-10-12-3-2-8-17-12;/h4,6,9,12,17H,2-3,5,7-8,10H2,1H3,(H,18,19);1H. The molecule has 0 aliphatic carbocycles. The zero-order valence-corrected chi connectivity index (χ0v) is 13.0. The first-order chi connectivity index (χ1) is 9.69. The Hall–Kier alpha value is -1.33. The molecule has 1 unspecified atom stereocenters. The van der Waals surface area contributed by atoms with Gasteiger partial charge in [-0.05, 0) is 43.5 Å². The van der Waals surface area contributed by atoms with Gasteiger partial charge in [-0.2, -0.15) is 0 Å². The number of hydrogen-bond donors (Lipinski definition) is 2. The molecule has 1 saturated heterocycles. The minimum atomic E-state index is -0.388. The Kier molecular flexibility index (Phi) is 7.47.